The largest absolute Gasteiger partial charge is 0.598 e. The summed E-state index contributed by atoms with van der Waals surface area (Å²) < 4.78 is 22.1. The van der Waals surface area contributed by atoms with Gasteiger partial charge >= 0.3 is 0 Å². The highest BCUT2D eigenvalue weighted by molar-refractivity contribution is 9.11. The fourth-order valence-corrected chi connectivity index (χ4v) is 5.96. The maximum absolute atomic E-state index is 12.8. The molecule has 1 aliphatic heterocycles. The first-order chi connectivity index (χ1) is 11.5. The Bertz CT molecular complexity index is 650. The molecule has 1 N–H and O–H groups in total. The van der Waals surface area contributed by atoms with Crippen LogP contribution in [0.5, 0.6) is 0 Å². The molecule has 4 nitrogen and oxygen atoms in total. The molecule has 0 radical (unpaired) electrons. The van der Waals surface area contributed by atoms with Crippen LogP contribution in [0.4, 0.5) is 0 Å². The molecule has 8 heteroatoms. The van der Waals surface area contributed by atoms with Crippen LogP contribution in [0.2, 0.25) is 5.02 Å². The molecule has 1 aromatic heterocycles. The zero-order valence-electron chi connectivity index (χ0n) is 14.9. The summed E-state index contributed by atoms with van der Waals surface area (Å²) in [6, 6.07) is 4.30. The van der Waals surface area contributed by atoms with E-state index in [9.17, 15) is 9.81 Å². The first kappa shape index (κ1) is 21.5. The van der Waals surface area contributed by atoms with Crippen molar-refractivity contribution >= 4 is 50.2 Å². The minimum Gasteiger partial charge on any atom is -0.598 e. The number of hydrogen-bond donors (Lipinski definition) is 1. The summed E-state index contributed by atoms with van der Waals surface area (Å²) in [5.41, 5.74) is -1.05. The van der Waals surface area contributed by atoms with E-state index in [1.165, 1.54) is 11.3 Å². The van der Waals surface area contributed by atoms with Gasteiger partial charge in [-0.1, -0.05) is 11.6 Å². The molecule has 0 saturated carbocycles. The normalized spacial score (nSPS) is 24.7. The average Bonchev–Trinajstić information content (AvgIpc) is 3.11. The Kier molecular flexibility index (Phi) is 6.92. The van der Waals surface area contributed by atoms with Crippen LogP contribution in [0.15, 0.2) is 9.85 Å². The second-order valence-corrected chi connectivity index (χ2v) is 12.5. The lowest BCUT2D eigenvalue weighted by Gasteiger charge is -2.36. The highest BCUT2D eigenvalue weighted by Gasteiger charge is 2.43. The second-order valence-electron chi connectivity index (χ2n) is 7.74. The minimum absolute atomic E-state index is 0.397. The third-order valence-electron chi connectivity index (χ3n) is 4.48. The zero-order chi connectivity index (χ0) is 18.9. The number of nitriles is 1. The number of ether oxygens (including phenoxy) is 1. The number of hydrogen-bond acceptors (Lipinski definition) is 5. The van der Waals surface area contributed by atoms with Crippen molar-refractivity contribution in [1.29, 1.82) is 5.26 Å². The fraction of sp³-hybridized carbons (Fsp3) is 0.706. The molecule has 0 spiro atoms. The van der Waals surface area contributed by atoms with Gasteiger partial charge in [0, 0.05) is 22.8 Å². The van der Waals surface area contributed by atoms with Gasteiger partial charge in [0.2, 0.25) is 0 Å². The lowest BCUT2D eigenvalue weighted by atomic mass is 9.80. The van der Waals surface area contributed by atoms with E-state index in [1.807, 2.05) is 33.8 Å². The number of nitrogens with one attached hydrogen (secondary N) is 1. The van der Waals surface area contributed by atoms with Gasteiger partial charge in [-0.25, -0.2) is 0 Å². The summed E-state index contributed by atoms with van der Waals surface area (Å²) >= 11 is 10.2. The van der Waals surface area contributed by atoms with Crippen LogP contribution >= 0.6 is 38.9 Å². The molecule has 25 heavy (non-hydrogen) atoms. The number of nitrogens with zero attached hydrogens (tertiary/aromatic N) is 1. The van der Waals surface area contributed by atoms with Gasteiger partial charge in [-0.15, -0.1) is 16.1 Å². The molecule has 1 aliphatic rings. The summed E-state index contributed by atoms with van der Waals surface area (Å²) in [7, 11) is 0. The Labute approximate surface area is 170 Å². The number of halogens is 2. The molecule has 2 unspecified atom stereocenters. The van der Waals surface area contributed by atoms with E-state index in [0.717, 1.165) is 15.1 Å². The molecule has 0 amide bonds. The van der Waals surface area contributed by atoms with Crippen molar-refractivity contribution in [2.45, 2.75) is 57.2 Å². The molecule has 0 bridgehead atoms. The van der Waals surface area contributed by atoms with Crippen molar-refractivity contribution in [3.63, 3.8) is 0 Å². The van der Waals surface area contributed by atoms with Crippen molar-refractivity contribution in [3.05, 3.63) is 19.8 Å². The molecule has 0 aliphatic carbocycles. The summed E-state index contributed by atoms with van der Waals surface area (Å²) in [5, 5.41) is 10.3. The van der Waals surface area contributed by atoms with E-state index in [2.05, 4.69) is 26.7 Å². The Balaban J connectivity index is 2.29. The van der Waals surface area contributed by atoms with E-state index in [1.54, 1.807) is 0 Å². The van der Waals surface area contributed by atoms with Gasteiger partial charge in [-0.05, 0) is 69.0 Å². The molecule has 2 heterocycles. The van der Waals surface area contributed by atoms with Gasteiger partial charge in [-0.3, -0.25) is 0 Å². The monoisotopic (exact) mass is 466 g/mol. The summed E-state index contributed by atoms with van der Waals surface area (Å²) in [6.45, 7) is 8.90. The van der Waals surface area contributed by atoms with Crippen LogP contribution in [0.1, 0.15) is 51.8 Å². The van der Waals surface area contributed by atoms with Gasteiger partial charge in [0.25, 0.3) is 0 Å². The van der Waals surface area contributed by atoms with E-state index in [0.29, 0.717) is 31.1 Å². The third-order valence-corrected chi connectivity index (χ3v) is 8.54. The number of rotatable bonds is 6. The fourth-order valence-electron chi connectivity index (χ4n) is 2.72. The first-order valence-electron chi connectivity index (χ1n) is 8.15. The Morgan fingerprint density at radius 2 is 2.20 bits per heavy atom. The van der Waals surface area contributed by atoms with E-state index >= 15 is 0 Å². The molecule has 1 aromatic rings. The smallest absolute Gasteiger partial charge is 0.136 e. The molecule has 1 saturated heterocycles. The molecule has 2 rings (SSSR count). The van der Waals surface area contributed by atoms with Crippen molar-refractivity contribution in [2.75, 3.05) is 13.2 Å². The van der Waals surface area contributed by atoms with Gasteiger partial charge in [0.05, 0.1) is 32.4 Å². The lowest BCUT2D eigenvalue weighted by molar-refractivity contribution is 0.163. The van der Waals surface area contributed by atoms with Gasteiger partial charge < -0.3 is 9.29 Å². The highest BCUT2D eigenvalue weighted by Crippen LogP contribution is 2.44. The van der Waals surface area contributed by atoms with Crippen molar-refractivity contribution in [3.8, 4) is 6.07 Å². The van der Waals surface area contributed by atoms with Crippen molar-refractivity contribution in [1.82, 2.24) is 4.72 Å². The van der Waals surface area contributed by atoms with Gasteiger partial charge in [0.1, 0.15) is 4.75 Å². The summed E-state index contributed by atoms with van der Waals surface area (Å²) in [5.74, 6) is 0. The van der Waals surface area contributed by atoms with Crippen LogP contribution in [-0.4, -0.2) is 22.5 Å². The molecule has 0 aromatic carbocycles. The Morgan fingerprint density at radius 3 is 2.64 bits per heavy atom. The lowest BCUT2D eigenvalue weighted by Crippen LogP contribution is -2.50. The van der Waals surface area contributed by atoms with Gasteiger partial charge in [0.15, 0.2) is 0 Å². The topological polar surface area (TPSA) is 68.1 Å². The molecule has 3 atom stereocenters. The Morgan fingerprint density at radius 1 is 1.52 bits per heavy atom. The predicted octanol–water partition coefficient (Wildman–Crippen LogP) is 5.14. The standard InChI is InChI=1S/C17H24BrClN2O2S2/c1-15(2,3)25(22)21-16(4,14-12(19)9-13(18)24-14)5-6-17(10-20)7-8-23-11-17/h9,21H,5-8,11H2,1-4H3/t16?,17?,25-/m1/s1. The average molecular weight is 468 g/mol. The van der Waals surface area contributed by atoms with Crippen LogP contribution < -0.4 is 4.72 Å². The van der Waals surface area contributed by atoms with Crippen molar-refractivity contribution < 1.29 is 9.29 Å². The summed E-state index contributed by atoms with van der Waals surface area (Å²) in [4.78, 5) is 0.936. The highest BCUT2D eigenvalue weighted by atomic mass is 79.9. The van der Waals surface area contributed by atoms with E-state index in [-0.39, 0.29) is 0 Å². The number of thiophene rings is 1. The molecular formula is C17H24BrClN2O2S2. The predicted molar refractivity (Wildman–Crippen MR) is 108 cm³/mol. The molecular weight excluding hydrogens is 444 g/mol. The van der Waals surface area contributed by atoms with E-state index < -0.39 is 27.1 Å². The van der Waals surface area contributed by atoms with Gasteiger partial charge in [-0.2, -0.15) is 5.26 Å². The third kappa shape index (κ3) is 5.13. The SMILES string of the molecule is CC(CCC1(C#N)CCOC1)(N[S@+]([O-])C(C)(C)C)c1sc(Br)cc1Cl. The van der Waals surface area contributed by atoms with Crippen LogP contribution in [0.25, 0.3) is 0 Å². The van der Waals surface area contributed by atoms with Crippen LogP contribution in [0.3, 0.4) is 0 Å². The Hall–Kier alpha value is 0.190. The summed E-state index contributed by atoms with van der Waals surface area (Å²) in [6.07, 6.45) is 2.06. The molecule has 140 valence electrons. The quantitative estimate of drug-likeness (QED) is 0.588. The van der Waals surface area contributed by atoms with Crippen LogP contribution in [0, 0.1) is 16.7 Å². The first-order valence-corrected chi connectivity index (χ1v) is 11.3. The maximum Gasteiger partial charge on any atom is 0.136 e. The van der Waals surface area contributed by atoms with E-state index in [4.69, 9.17) is 16.3 Å². The maximum atomic E-state index is 12.8. The van der Waals surface area contributed by atoms with Crippen LogP contribution in [-0.2, 0) is 21.6 Å². The zero-order valence-corrected chi connectivity index (χ0v) is 18.9. The minimum atomic E-state index is -1.26. The van der Waals surface area contributed by atoms with Crippen molar-refractivity contribution in [2.24, 2.45) is 5.41 Å². The second kappa shape index (κ2) is 8.05. The molecule has 1 fully saturated rings.